The highest BCUT2D eigenvalue weighted by atomic mass is 19.4. The smallest absolute Gasteiger partial charge is 0.360 e. The Labute approximate surface area is 165 Å². The summed E-state index contributed by atoms with van der Waals surface area (Å²) in [6.07, 6.45) is -4.37. The van der Waals surface area contributed by atoms with Gasteiger partial charge in [-0.1, -0.05) is 22.4 Å². The molecule has 0 atom stereocenters. The van der Waals surface area contributed by atoms with Gasteiger partial charge < -0.3 is 9.05 Å². The van der Waals surface area contributed by atoms with Crippen LogP contribution in [0.2, 0.25) is 0 Å². The van der Waals surface area contributed by atoms with Crippen molar-refractivity contribution in [2.45, 2.75) is 26.2 Å². The third kappa shape index (κ3) is 4.83. The van der Waals surface area contributed by atoms with Crippen molar-refractivity contribution in [2.24, 2.45) is 0 Å². The fourth-order valence-electron chi connectivity index (χ4n) is 3.25. The molecule has 29 heavy (non-hydrogen) atoms. The SMILES string of the molecule is Cc1cc(CN2CCN(Cc3nc(-c4ccc(C(F)(F)F)cc4)no3)CC2)on1. The first-order valence-electron chi connectivity index (χ1n) is 9.24. The monoisotopic (exact) mass is 407 g/mol. The number of piperazine rings is 1. The summed E-state index contributed by atoms with van der Waals surface area (Å²) in [6, 6.07) is 6.66. The lowest BCUT2D eigenvalue weighted by molar-refractivity contribution is -0.137. The zero-order chi connectivity index (χ0) is 20.4. The van der Waals surface area contributed by atoms with Crippen molar-refractivity contribution in [1.82, 2.24) is 25.1 Å². The predicted octanol–water partition coefficient (Wildman–Crippen LogP) is 3.37. The zero-order valence-corrected chi connectivity index (χ0v) is 15.8. The molecule has 1 aliphatic rings. The first-order valence-corrected chi connectivity index (χ1v) is 9.24. The number of benzene rings is 1. The van der Waals surface area contributed by atoms with Gasteiger partial charge in [0.15, 0.2) is 5.76 Å². The Morgan fingerprint density at radius 1 is 0.931 bits per heavy atom. The first kappa shape index (κ1) is 19.6. The standard InChI is InChI=1S/C19H20F3N5O2/c1-13-10-16(28-24-13)11-26-6-8-27(9-7-26)12-17-23-18(25-29-17)14-2-4-15(5-3-14)19(20,21)22/h2-5,10H,6-9,11-12H2,1H3. The number of hydrogen-bond donors (Lipinski definition) is 0. The zero-order valence-electron chi connectivity index (χ0n) is 15.8. The molecule has 0 spiro atoms. The molecular weight excluding hydrogens is 387 g/mol. The molecule has 2 aromatic heterocycles. The lowest BCUT2D eigenvalue weighted by Gasteiger charge is -2.33. The van der Waals surface area contributed by atoms with Gasteiger partial charge in [0, 0.05) is 37.8 Å². The number of rotatable bonds is 5. The van der Waals surface area contributed by atoms with Gasteiger partial charge in [-0.05, 0) is 19.1 Å². The van der Waals surface area contributed by atoms with Crippen LogP contribution in [0.25, 0.3) is 11.4 Å². The first-order chi connectivity index (χ1) is 13.9. The van der Waals surface area contributed by atoms with Crippen LogP contribution in [0.15, 0.2) is 39.4 Å². The van der Waals surface area contributed by atoms with Gasteiger partial charge >= 0.3 is 6.18 Å². The molecule has 0 amide bonds. The van der Waals surface area contributed by atoms with Crippen LogP contribution < -0.4 is 0 Å². The van der Waals surface area contributed by atoms with Crippen LogP contribution in [-0.2, 0) is 19.3 Å². The van der Waals surface area contributed by atoms with Crippen LogP contribution in [-0.4, -0.2) is 51.3 Å². The Hall–Kier alpha value is -2.72. The van der Waals surface area contributed by atoms with E-state index < -0.39 is 11.7 Å². The van der Waals surface area contributed by atoms with E-state index >= 15 is 0 Å². The summed E-state index contributed by atoms with van der Waals surface area (Å²) >= 11 is 0. The third-order valence-corrected chi connectivity index (χ3v) is 4.82. The molecule has 4 rings (SSSR count). The minimum atomic E-state index is -4.37. The summed E-state index contributed by atoms with van der Waals surface area (Å²) in [6.45, 7) is 6.56. The molecule has 0 aliphatic carbocycles. The molecule has 3 heterocycles. The molecule has 7 nitrogen and oxygen atoms in total. The minimum absolute atomic E-state index is 0.285. The maximum atomic E-state index is 12.7. The van der Waals surface area contributed by atoms with Gasteiger partial charge in [-0.25, -0.2) is 0 Å². The van der Waals surface area contributed by atoms with Gasteiger partial charge in [0.25, 0.3) is 0 Å². The molecule has 0 unspecified atom stereocenters. The van der Waals surface area contributed by atoms with E-state index in [2.05, 4.69) is 25.1 Å². The van der Waals surface area contributed by atoms with E-state index in [-0.39, 0.29) is 5.82 Å². The topological polar surface area (TPSA) is 71.4 Å². The molecule has 1 fully saturated rings. The van der Waals surface area contributed by atoms with Crippen LogP contribution in [0.1, 0.15) is 22.9 Å². The Morgan fingerprint density at radius 3 is 2.17 bits per heavy atom. The van der Waals surface area contributed by atoms with E-state index in [1.165, 1.54) is 12.1 Å². The van der Waals surface area contributed by atoms with Crippen molar-refractivity contribution < 1.29 is 22.2 Å². The molecule has 154 valence electrons. The molecule has 1 aromatic carbocycles. The maximum absolute atomic E-state index is 12.7. The molecule has 3 aromatic rings. The van der Waals surface area contributed by atoms with Gasteiger partial charge in [-0.3, -0.25) is 9.80 Å². The quantitative estimate of drug-likeness (QED) is 0.642. The predicted molar refractivity (Wildman–Crippen MR) is 96.5 cm³/mol. The highest BCUT2D eigenvalue weighted by Crippen LogP contribution is 2.30. The Balaban J connectivity index is 1.30. The van der Waals surface area contributed by atoms with E-state index in [4.69, 9.17) is 9.05 Å². The summed E-state index contributed by atoms with van der Waals surface area (Å²) in [5.74, 6) is 1.58. The normalized spacial score (nSPS) is 16.4. The van der Waals surface area contributed by atoms with Gasteiger partial charge in [0.1, 0.15) is 0 Å². The molecule has 1 saturated heterocycles. The van der Waals surface area contributed by atoms with E-state index in [1.807, 2.05) is 13.0 Å². The Bertz CT molecular complexity index is 943. The molecule has 0 radical (unpaired) electrons. The Kier molecular flexibility index (Phi) is 5.37. The van der Waals surface area contributed by atoms with Crippen molar-refractivity contribution in [2.75, 3.05) is 26.2 Å². The number of aryl methyl sites for hydroxylation is 1. The van der Waals surface area contributed by atoms with Gasteiger partial charge in [0.2, 0.25) is 11.7 Å². The van der Waals surface area contributed by atoms with Gasteiger partial charge in [0.05, 0.1) is 24.3 Å². The second kappa shape index (κ2) is 7.96. The van der Waals surface area contributed by atoms with E-state index in [9.17, 15) is 13.2 Å². The lowest BCUT2D eigenvalue weighted by Crippen LogP contribution is -2.45. The van der Waals surface area contributed by atoms with Crippen molar-refractivity contribution in [3.8, 4) is 11.4 Å². The van der Waals surface area contributed by atoms with Crippen molar-refractivity contribution >= 4 is 0 Å². The number of halogens is 3. The average Bonchev–Trinajstić information content (AvgIpc) is 3.32. The molecule has 0 saturated carbocycles. The summed E-state index contributed by atoms with van der Waals surface area (Å²) in [4.78, 5) is 8.81. The third-order valence-electron chi connectivity index (χ3n) is 4.82. The van der Waals surface area contributed by atoms with Crippen LogP contribution in [0, 0.1) is 6.92 Å². The molecule has 10 heteroatoms. The minimum Gasteiger partial charge on any atom is -0.360 e. The molecule has 0 N–H and O–H groups in total. The highest BCUT2D eigenvalue weighted by Gasteiger charge is 2.30. The van der Waals surface area contributed by atoms with E-state index in [1.54, 1.807) is 0 Å². The lowest BCUT2D eigenvalue weighted by atomic mass is 10.1. The second-order valence-corrected chi connectivity index (χ2v) is 7.07. The van der Waals surface area contributed by atoms with Crippen molar-refractivity contribution in [3.63, 3.8) is 0 Å². The molecule has 1 aliphatic heterocycles. The van der Waals surface area contributed by atoms with Crippen LogP contribution in [0.4, 0.5) is 13.2 Å². The summed E-state index contributed by atoms with van der Waals surface area (Å²) < 4.78 is 48.6. The van der Waals surface area contributed by atoms with E-state index in [0.717, 1.165) is 56.3 Å². The second-order valence-electron chi connectivity index (χ2n) is 7.07. The number of alkyl halides is 3. The number of aromatic nitrogens is 3. The van der Waals surface area contributed by atoms with Crippen molar-refractivity contribution in [3.05, 3.63) is 53.2 Å². The molecular formula is C19H20F3N5O2. The maximum Gasteiger partial charge on any atom is 0.416 e. The summed E-state index contributed by atoms with van der Waals surface area (Å²) in [7, 11) is 0. The fraction of sp³-hybridized carbons (Fsp3) is 0.421. The van der Waals surface area contributed by atoms with Crippen LogP contribution >= 0.6 is 0 Å². The van der Waals surface area contributed by atoms with Gasteiger partial charge in [-0.2, -0.15) is 18.2 Å². The summed E-state index contributed by atoms with van der Waals surface area (Å²) in [5, 5.41) is 7.79. The van der Waals surface area contributed by atoms with Crippen LogP contribution in [0.3, 0.4) is 0 Å². The number of hydrogen-bond acceptors (Lipinski definition) is 7. The average molecular weight is 407 g/mol. The number of nitrogens with zero attached hydrogens (tertiary/aromatic N) is 5. The summed E-state index contributed by atoms with van der Waals surface area (Å²) in [5.41, 5.74) is 0.655. The van der Waals surface area contributed by atoms with Crippen LogP contribution in [0.5, 0.6) is 0 Å². The largest absolute Gasteiger partial charge is 0.416 e. The van der Waals surface area contributed by atoms with E-state index in [0.29, 0.717) is 18.0 Å². The highest BCUT2D eigenvalue weighted by molar-refractivity contribution is 5.54. The van der Waals surface area contributed by atoms with Crippen molar-refractivity contribution in [1.29, 1.82) is 0 Å². The molecule has 0 bridgehead atoms. The Morgan fingerprint density at radius 2 is 1.59 bits per heavy atom. The van der Waals surface area contributed by atoms with Gasteiger partial charge in [-0.15, -0.1) is 0 Å². The fourth-order valence-corrected chi connectivity index (χ4v) is 3.25.